The van der Waals surface area contributed by atoms with E-state index < -0.39 is 5.97 Å². The average molecular weight is 152 g/mol. The standard InChI is InChI=1S/C9H12O2/c1-9(5-3-6-9)7-4-8(10)11-2/h3,5-6H2,1-2H3. The normalized spacial score (nSPS) is 19.1. The Balaban J connectivity index is 2.48. The van der Waals surface area contributed by atoms with Gasteiger partial charge in [-0.05, 0) is 19.8 Å². The lowest BCUT2D eigenvalue weighted by molar-refractivity contribution is -0.133. The Kier molecular flexibility index (Phi) is 2.19. The van der Waals surface area contributed by atoms with E-state index in [1.165, 1.54) is 13.5 Å². The number of hydrogen-bond acceptors (Lipinski definition) is 2. The van der Waals surface area contributed by atoms with Gasteiger partial charge < -0.3 is 4.74 Å². The van der Waals surface area contributed by atoms with E-state index in [-0.39, 0.29) is 5.41 Å². The SMILES string of the molecule is COC(=O)C#CC1(C)CCC1. The van der Waals surface area contributed by atoms with Crippen molar-refractivity contribution in [2.75, 3.05) is 7.11 Å². The molecule has 0 unspecified atom stereocenters. The number of esters is 1. The van der Waals surface area contributed by atoms with Crippen LogP contribution in [0.15, 0.2) is 0 Å². The fraction of sp³-hybridized carbons (Fsp3) is 0.667. The molecule has 0 aromatic heterocycles. The summed E-state index contributed by atoms with van der Waals surface area (Å²) in [6.45, 7) is 2.08. The van der Waals surface area contributed by atoms with E-state index in [2.05, 4.69) is 23.5 Å². The first-order valence-corrected chi connectivity index (χ1v) is 3.77. The molecule has 0 atom stereocenters. The van der Waals surface area contributed by atoms with Crippen LogP contribution in [0, 0.1) is 17.3 Å². The number of ether oxygens (including phenoxy) is 1. The molecule has 2 nitrogen and oxygen atoms in total. The summed E-state index contributed by atoms with van der Waals surface area (Å²) in [4.78, 5) is 10.6. The Hall–Kier alpha value is -0.970. The predicted molar refractivity (Wildman–Crippen MR) is 41.8 cm³/mol. The van der Waals surface area contributed by atoms with Crippen LogP contribution in [0.25, 0.3) is 0 Å². The van der Waals surface area contributed by atoms with E-state index in [4.69, 9.17) is 0 Å². The molecular weight excluding hydrogens is 140 g/mol. The molecule has 1 rings (SSSR count). The van der Waals surface area contributed by atoms with Crippen LogP contribution in [0.4, 0.5) is 0 Å². The summed E-state index contributed by atoms with van der Waals surface area (Å²) in [5.41, 5.74) is 0.0915. The Morgan fingerprint density at radius 3 is 2.55 bits per heavy atom. The van der Waals surface area contributed by atoms with Gasteiger partial charge in [0.2, 0.25) is 0 Å². The Morgan fingerprint density at radius 1 is 1.55 bits per heavy atom. The van der Waals surface area contributed by atoms with Crippen LogP contribution >= 0.6 is 0 Å². The van der Waals surface area contributed by atoms with Gasteiger partial charge in [-0.3, -0.25) is 0 Å². The molecule has 1 aliphatic rings. The summed E-state index contributed by atoms with van der Waals surface area (Å²) in [6, 6.07) is 0. The van der Waals surface area contributed by atoms with Gasteiger partial charge in [0.05, 0.1) is 7.11 Å². The molecule has 2 heteroatoms. The predicted octanol–water partition coefficient (Wildman–Crippen LogP) is 1.35. The number of hydrogen-bond donors (Lipinski definition) is 0. The molecule has 0 N–H and O–H groups in total. The summed E-state index contributed by atoms with van der Waals surface area (Å²) in [6.07, 6.45) is 3.44. The van der Waals surface area contributed by atoms with Gasteiger partial charge in [-0.25, -0.2) is 4.79 Å². The van der Waals surface area contributed by atoms with Gasteiger partial charge in [0, 0.05) is 11.3 Å². The van der Waals surface area contributed by atoms with Crippen LogP contribution in [0.3, 0.4) is 0 Å². The van der Waals surface area contributed by atoms with E-state index in [1.807, 2.05) is 0 Å². The van der Waals surface area contributed by atoms with Crippen molar-refractivity contribution < 1.29 is 9.53 Å². The van der Waals surface area contributed by atoms with Crippen LogP contribution < -0.4 is 0 Å². The fourth-order valence-corrected chi connectivity index (χ4v) is 1.09. The zero-order valence-electron chi connectivity index (χ0n) is 6.94. The lowest BCUT2D eigenvalue weighted by Crippen LogP contribution is -2.23. The minimum Gasteiger partial charge on any atom is -0.459 e. The summed E-state index contributed by atoms with van der Waals surface area (Å²) >= 11 is 0. The molecule has 11 heavy (non-hydrogen) atoms. The lowest BCUT2D eigenvalue weighted by Gasteiger charge is -2.32. The smallest absolute Gasteiger partial charge is 0.384 e. The summed E-state index contributed by atoms with van der Waals surface area (Å²) in [5.74, 6) is 4.95. The van der Waals surface area contributed by atoms with Gasteiger partial charge in [0.25, 0.3) is 0 Å². The molecule has 0 radical (unpaired) electrons. The maximum Gasteiger partial charge on any atom is 0.384 e. The molecule has 0 saturated heterocycles. The van der Waals surface area contributed by atoms with E-state index in [1.54, 1.807) is 0 Å². The van der Waals surface area contributed by atoms with E-state index in [9.17, 15) is 4.79 Å². The topological polar surface area (TPSA) is 26.3 Å². The molecule has 1 fully saturated rings. The Labute approximate surface area is 66.9 Å². The van der Waals surface area contributed by atoms with Crippen molar-refractivity contribution in [1.82, 2.24) is 0 Å². The molecular formula is C9H12O2. The van der Waals surface area contributed by atoms with Crippen molar-refractivity contribution >= 4 is 5.97 Å². The highest BCUT2D eigenvalue weighted by molar-refractivity contribution is 5.88. The first-order chi connectivity index (χ1) is 5.16. The molecule has 0 bridgehead atoms. The highest BCUT2D eigenvalue weighted by Gasteiger charge is 2.29. The van der Waals surface area contributed by atoms with Gasteiger partial charge >= 0.3 is 5.97 Å². The summed E-state index contributed by atoms with van der Waals surface area (Å²) in [7, 11) is 1.35. The first-order valence-electron chi connectivity index (χ1n) is 3.77. The van der Waals surface area contributed by atoms with Crippen molar-refractivity contribution in [1.29, 1.82) is 0 Å². The first kappa shape index (κ1) is 8.13. The molecule has 60 valence electrons. The lowest BCUT2D eigenvalue weighted by atomic mass is 9.71. The highest BCUT2D eigenvalue weighted by atomic mass is 16.5. The van der Waals surface area contributed by atoms with Crippen molar-refractivity contribution in [3.8, 4) is 11.8 Å². The fourth-order valence-electron chi connectivity index (χ4n) is 1.09. The van der Waals surface area contributed by atoms with E-state index >= 15 is 0 Å². The van der Waals surface area contributed by atoms with Gasteiger partial charge in [0.1, 0.15) is 0 Å². The molecule has 0 spiro atoms. The number of rotatable bonds is 0. The van der Waals surface area contributed by atoms with Crippen molar-refractivity contribution in [2.45, 2.75) is 26.2 Å². The minimum absolute atomic E-state index is 0.0915. The van der Waals surface area contributed by atoms with Crippen molar-refractivity contribution in [3.05, 3.63) is 0 Å². The maximum absolute atomic E-state index is 10.6. The molecule has 1 aliphatic carbocycles. The van der Waals surface area contributed by atoms with Gasteiger partial charge in [-0.1, -0.05) is 12.3 Å². The van der Waals surface area contributed by atoms with E-state index in [0.717, 1.165) is 12.8 Å². The highest BCUT2D eigenvalue weighted by Crippen LogP contribution is 2.39. The third-order valence-electron chi connectivity index (χ3n) is 2.11. The third-order valence-corrected chi connectivity index (χ3v) is 2.11. The summed E-state index contributed by atoms with van der Waals surface area (Å²) in [5, 5.41) is 0. The van der Waals surface area contributed by atoms with Crippen molar-refractivity contribution in [2.24, 2.45) is 5.41 Å². The van der Waals surface area contributed by atoms with Crippen LogP contribution in [0.5, 0.6) is 0 Å². The Morgan fingerprint density at radius 2 is 2.18 bits per heavy atom. The van der Waals surface area contributed by atoms with Crippen LogP contribution in [0.1, 0.15) is 26.2 Å². The molecule has 0 aromatic rings. The largest absolute Gasteiger partial charge is 0.459 e. The molecule has 0 aliphatic heterocycles. The molecule has 0 amide bonds. The zero-order valence-corrected chi connectivity index (χ0v) is 6.94. The quantitative estimate of drug-likeness (QED) is 0.297. The monoisotopic (exact) mass is 152 g/mol. The third kappa shape index (κ3) is 1.98. The second-order valence-electron chi connectivity index (χ2n) is 3.16. The zero-order chi connectivity index (χ0) is 8.32. The number of carbonyl (C=O) groups excluding carboxylic acids is 1. The summed E-state index contributed by atoms with van der Waals surface area (Å²) < 4.78 is 4.40. The van der Waals surface area contributed by atoms with Crippen LogP contribution in [-0.2, 0) is 9.53 Å². The van der Waals surface area contributed by atoms with Gasteiger partial charge in [-0.2, -0.15) is 0 Å². The van der Waals surface area contributed by atoms with Crippen LogP contribution in [-0.4, -0.2) is 13.1 Å². The van der Waals surface area contributed by atoms with Gasteiger partial charge in [-0.15, -0.1) is 0 Å². The Bertz CT molecular complexity index is 215. The minimum atomic E-state index is -0.432. The molecule has 1 saturated carbocycles. The number of methoxy groups -OCH3 is 1. The molecule has 0 heterocycles. The average Bonchev–Trinajstić information content (AvgIpc) is 1.96. The maximum atomic E-state index is 10.6. The van der Waals surface area contributed by atoms with Gasteiger partial charge in [0.15, 0.2) is 0 Å². The molecule has 0 aromatic carbocycles. The number of carbonyl (C=O) groups is 1. The van der Waals surface area contributed by atoms with Crippen LogP contribution in [0.2, 0.25) is 0 Å². The van der Waals surface area contributed by atoms with Crippen molar-refractivity contribution in [3.63, 3.8) is 0 Å². The van der Waals surface area contributed by atoms with E-state index in [0.29, 0.717) is 0 Å². The second-order valence-corrected chi connectivity index (χ2v) is 3.16. The second kappa shape index (κ2) is 2.96.